The molecule has 2 aromatic carbocycles. The van der Waals surface area contributed by atoms with Crippen molar-refractivity contribution in [1.82, 2.24) is 5.32 Å². The van der Waals surface area contributed by atoms with E-state index in [4.69, 9.17) is 4.74 Å². The predicted octanol–water partition coefficient (Wildman–Crippen LogP) is 4.75. The Morgan fingerprint density at radius 3 is 2.32 bits per heavy atom. The van der Waals surface area contributed by atoms with Crippen LogP contribution in [-0.2, 0) is 11.3 Å². The summed E-state index contributed by atoms with van der Waals surface area (Å²) < 4.78 is 4.97. The Bertz CT molecular complexity index is 999. The first-order valence-corrected chi connectivity index (χ1v) is 11.5. The van der Waals surface area contributed by atoms with Gasteiger partial charge in [-0.15, -0.1) is 11.3 Å². The van der Waals surface area contributed by atoms with E-state index in [1.165, 1.54) is 16.9 Å². The van der Waals surface area contributed by atoms with Gasteiger partial charge >= 0.3 is 0 Å². The Hall–Kier alpha value is -3.10. The lowest BCUT2D eigenvalue weighted by Gasteiger charge is -2.06. The zero-order valence-electron chi connectivity index (χ0n) is 17.5. The third kappa shape index (κ3) is 7.58. The molecule has 0 atom stereocenters. The second-order valence-electron chi connectivity index (χ2n) is 6.35. The molecule has 0 bridgehead atoms. The molecule has 1 heterocycles. The number of benzene rings is 2. The zero-order valence-corrected chi connectivity index (χ0v) is 19.1. The van der Waals surface area contributed by atoms with E-state index in [9.17, 15) is 14.4 Å². The molecule has 6 nitrogen and oxygen atoms in total. The summed E-state index contributed by atoms with van der Waals surface area (Å²) in [6.07, 6.45) is 2.28. The molecular weight excluding hydrogens is 432 g/mol. The maximum absolute atomic E-state index is 12.1. The van der Waals surface area contributed by atoms with E-state index in [-0.39, 0.29) is 11.0 Å². The number of aryl methyl sites for hydroxylation is 1. The number of nitrogens with one attached hydrogen (secondary N) is 2. The molecule has 0 unspecified atom stereocenters. The lowest BCUT2D eigenvalue weighted by atomic mass is 10.1. The van der Waals surface area contributed by atoms with Gasteiger partial charge in [-0.1, -0.05) is 53.7 Å². The standard InChI is InChI=1S/C15H14N2O3S2.C8H10O/c1-21-15(20)11-4-2-10(3-5-11)6-16-14(19)12-7-22-8-13(12)17-9-18;1-7-3-5-8(9-2)6-4-7/h2-5,7-9H,6H2,1H3,(H,16,19)(H,17,18);3-6H,1-2H3. The van der Waals surface area contributed by atoms with Gasteiger partial charge in [0.1, 0.15) is 5.75 Å². The Balaban J connectivity index is 0.000000316. The maximum Gasteiger partial charge on any atom is 0.254 e. The van der Waals surface area contributed by atoms with Crippen LogP contribution in [0.1, 0.15) is 31.8 Å². The van der Waals surface area contributed by atoms with Gasteiger partial charge in [-0.3, -0.25) is 14.4 Å². The molecule has 162 valence electrons. The number of thioether (sulfide) groups is 1. The first-order valence-electron chi connectivity index (χ1n) is 9.31. The number of rotatable bonds is 7. The van der Waals surface area contributed by atoms with E-state index in [1.807, 2.05) is 36.4 Å². The Morgan fingerprint density at radius 2 is 1.74 bits per heavy atom. The maximum atomic E-state index is 12.1. The van der Waals surface area contributed by atoms with Crippen molar-refractivity contribution >= 4 is 46.2 Å². The van der Waals surface area contributed by atoms with Crippen molar-refractivity contribution in [2.45, 2.75) is 13.5 Å². The summed E-state index contributed by atoms with van der Waals surface area (Å²) in [5.74, 6) is 0.662. The van der Waals surface area contributed by atoms with Crippen molar-refractivity contribution in [3.05, 3.63) is 81.5 Å². The van der Waals surface area contributed by atoms with Crippen LogP contribution in [0.25, 0.3) is 0 Å². The molecule has 1 aromatic heterocycles. The Labute approximate surface area is 190 Å². The summed E-state index contributed by atoms with van der Waals surface area (Å²) in [5.41, 5.74) is 3.73. The van der Waals surface area contributed by atoms with Gasteiger partial charge < -0.3 is 15.4 Å². The van der Waals surface area contributed by atoms with E-state index in [2.05, 4.69) is 17.6 Å². The zero-order chi connectivity index (χ0) is 22.6. The fourth-order valence-electron chi connectivity index (χ4n) is 2.48. The number of carbonyl (C=O) groups excluding carboxylic acids is 3. The highest BCUT2D eigenvalue weighted by atomic mass is 32.2. The van der Waals surface area contributed by atoms with Crippen LogP contribution < -0.4 is 15.4 Å². The van der Waals surface area contributed by atoms with Gasteiger partial charge in [-0.2, -0.15) is 0 Å². The highest BCUT2D eigenvalue weighted by Gasteiger charge is 2.12. The number of carbonyl (C=O) groups is 3. The van der Waals surface area contributed by atoms with Gasteiger partial charge in [0.15, 0.2) is 0 Å². The molecule has 0 saturated heterocycles. The Morgan fingerprint density at radius 1 is 1.06 bits per heavy atom. The first kappa shape index (κ1) is 24.2. The molecule has 31 heavy (non-hydrogen) atoms. The largest absolute Gasteiger partial charge is 0.497 e. The van der Waals surface area contributed by atoms with Gasteiger partial charge in [-0.25, -0.2) is 0 Å². The predicted molar refractivity (Wildman–Crippen MR) is 127 cm³/mol. The van der Waals surface area contributed by atoms with Crippen molar-refractivity contribution in [3.8, 4) is 5.75 Å². The van der Waals surface area contributed by atoms with Gasteiger partial charge in [0.25, 0.3) is 5.91 Å². The third-order valence-corrected chi connectivity index (χ3v) is 5.56. The van der Waals surface area contributed by atoms with Gasteiger partial charge in [0, 0.05) is 22.9 Å². The van der Waals surface area contributed by atoms with Crippen LogP contribution in [0.3, 0.4) is 0 Å². The molecule has 0 radical (unpaired) electrons. The molecule has 2 amide bonds. The SMILES string of the molecule is COc1ccc(C)cc1.CSC(=O)c1ccc(CNC(=O)c2cscc2NC=O)cc1. The first-order chi connectivity index (χ1) is 15.0. The van der Waals surface area contributed by atoms with Crippen LogP contribution in [0.15, 0.2) is 59.3 Å². The fraction of sp³-hybridized carbons (Fsp3) is 0.174. The molecule has 0 fully saturated rings. The van der Waals surface area contributed by atoms with Crippen LogP contribution in [0.4, 0.5) is 5.69 Å². The van der Waals surface area contributed by atoms with Crippen LogP contribution >= 0.6 is 23.1 Å². The van der Waals surface area contributed by atoms with Gasteiger partial charge in [-0.05, 0) is 30.9 Å². The number of ether oxygens (including phenoxy) is 1. The van der Waals surface area contributed by atoms with Crippen molar-refractivity contribution < 1.29 is 19.1 Å². The van der Waals surface area contributed by atoms with Gasteiger partial charge in [0.05, 0.1) is 18.4 Å². The van der Waals surface area contributed by atoms with E-state index < -0.39 is 0 Å². The summed E-state index contributed by atoms with van der Waals surface area (Å²) in [6, 6.07) is 15.1. The molecule has 8 heteroatoms. The highest BCUT2D eigenvalue weighted by Crippen LogP contribution is 2.20. The quantitative estimate of drug-likeness (QED) is 0.501. The lowest BCUT2D eigenvalue weighted by Crippen LogP contribution is -2.23. The van der Waals surface area contributed by atoms with Crippen molar-refractivity contribution in [3.63, 3.8) is 0 Å². The molecule has 3 aromatic rings. The summed E-state index contributed by atoms with van der Waals surface area (Å²) >= 11 is 2.51. The minimum Gasteiger partial charge on any atom is -0.497 e. The van der Waals surface area contributed by atoms with Crippen molar-refractivity contribution in [2.24, 2.45) is 0 Å². The topological polar surface area (TPSA) is 84.5 Å². The molecule has 0 aliphatic heterocycles. The van der Waals surface area contributed by atoms with Crippen LogP contribution in [0, 0.1) is 6.92 Å². The third-order valence-electron chi connectivity index (χ3n) is 4.21. The van der Waals surface area contributed by atoms with Crippen LogP contribution in [-0.4, -0.2) is 30.8 Å². The van der Waals surface area contributed by atoms with Crippen LogP contribution in [0.5, 0.6) is 5.75 Å². The summed E-state index contributed by atoms with van der Waals surface area (Å²) in [7, 11) is 1.67. The van der Waals surface area contributed by atoms with Crippen molar-refractivity contribution in [1.29, 1.82) is 0 Å². The number of amides is 2. The molecule has 0 saturated carbocycles. The average molecular weight is 457 g/mol. The monoisotopic (exact) mass is 456 g/mol. The number of anilines is 1. The number of methoxy groups -OCH3 is 1. The number of hydrogen-bond donors (Lipinski definition) is 2. The minimum atomic E-state index is -0.255. The van der Waals surface area contributed by atoms with E-state index >= 15 is 0 Å². The Kier molecular flexibility index (Phi) is 9.80. The number of hydrogen-bond acceptors (Lipinski definition) is 6. The molecule has 2 N–H and O–H groups in total. The average Bonchev–Trinajstić information content (AvgIpc) is 3.27. The summed E-state index contributed by atoms with van der Waals surface area (Å²) in [5, 5.41) is 8.67. The number of thiophene rings is 1. The van der Waals surface area contributed by atoms with Crippen LogP contribution in [0.2, 0.25) is 0 Å². The van der Waals surface area contributed by atoms with E-state index in [0.717, 1.165) is 23.1 Å². The summed E-state index contributed by atoms with van der Waals surface area (Å²) in [6.45, 7) is 2.41. The van der Waals surface area contributed by atoms with E-state index in [1.54, 1.807) is 36.3 Å². The highest BCUT2D eigenvalue weighted by molar-refractivity contribution is 8.13. The molecule has 0 aliphatic carbocycles. The fourth-order valence-corrected chi connectivity index (χ4v) is 3.62. The van der Waals surface area contributed by atoms with E-state index in [0.29, 0.717) is 29.8 Å². The molecular formula is C23H24N2O4S2. The molecule has 0 spiro atoms. The summed E-state index contributed by atoms with van der Waals surface area (Å²) in [4.78, 5) is 34.1. The van der Waals surface area contributed by atoms with Crippen molar-refractivity contribution in [2.75, 3.05) is 18.7 Å². The lowest BCUT2D eigenvalue weighted by molar-refractivity contribution is -0.105. The van der Waals surface area contributed by atoms with Gasteiger partial charge in [0.2, 0.25) is 11.5 Å². The molecule has 0 aliphatic rings. The minimum absolute atomic E-state index is 0.0124. The second kappa shape index (κ2) is 12.6. The second-order valence-corrected chi connectivity index (χ2v) is 7.87. The smallest absolute Gasteiger partial charge is 0.254 e. The normalized spacial score (nSPS) is 9.77. The molecule has 3 rings (SSSR count).